The third-order valence-corrected chi connectivity index (χ3v) is 3.60. The monoisotopic (exact) mass is 234 g/mol. The van der Waals surface area contributed by atoms with Gasteiger partial charge in [-0.3, -0.25) is 0 Å². The Balaban J connectivity index is 1.93. The van der Waals surface area contributed by atoms with Gasteiger partial charge in [0, 0.05) is 24.8 Å². The average Bonchev–Trinajstić information content (AvgIpc) is 2.34. The summed E-state index contributed by atoms with van der Waals surface area (Å²) >= 11 is 0. The molecule has 1 saturated heterocycles. The van der Waals surface area contributed by atoms with Gasteiger partial charge in [-0.05, 0) is 50.1 Å². The van der Waals surface area contributed by atoms with E-state index in [0.717, 1.165) is 17.8 Å². The number of hydrogen-bond acceptors (Lipinski definition) is 3. The summed E-state index contributed by atoms with van der Waals surface area (Å²) in [6.45, 7) is 7.78. The lowest BCUT2D eigenvalue weighted by Gasteiger charge is -2.32. The van der Waals surface area contributed by atoms with Gasteiger partial charge in [-0.2, -0.15) is 0 Å². The molecule has 1 heterocycles. The van der Waals surface area contributed by atoms with E-state index in [2.05, 4.69) is 17.1 Å². The van der Waals surface area contributed by atoms with Crippen LogP contribution in [0.5, 0.6) is 5.75 Å². The highest BCUT2D eigenvalue weighted by molar-refractivity contribution is 5.53. The zero-order valence-corrected chi connectivity index (χ0v) is 10.7. The van der Waals surface area contributed by atoms with Crippen molar-refractivity contribution in [3.05, 3.63) is 23.8 Å². The van der Waals surface area contributed by atoms with Crippen LogP contribution in [-0.2, 0) is 0 Å². The minimum atomic E-state index is 0.342. The number of aromatic hydroxyl groups is 1. The number of anilines is 1. The Morgan fingerprint density at radius 2 is 2.06 bits per heavy atom. The Kier molecular flexibility index (Phi) is 3.89. The first kappa shape index (κ1) is 12.2. The maximum atomic E-state index is 9.38. The van der Waals surface area contributed by atoms with Crippen LogP contribution in [0.1, 0.15) is 25.3 Å². The number of phenols is 1. The van der Waals surface area contributed by atoms with Gasteiger partial charge in [0.25, 0.3) is 0 Å². The van der Waals surface area contributed by atoms with Crippen LogP contribution in [0.2, 0.25) is 0 Å². The number of likely N-dealkylation sites (tertiary alicyclic amines) is 1. The highest BCUT2D eigenvalue weighted by Crippen LogP contribution is 2.23. The summed E-state index contributed by atoms with van der Waals surface area (Å²) < 4.78 is 0. The fraction of sp³-hybridized carbons (Fsp3) is 0.571. The Labute approximate surface area is 103 Å². The second kappa shape index (κ2) is 5.41. The molecule has 3 nitrogen and oxygen atoms in total. The van der Waals surface area contributed by atoms with Crippen molar-refractivity contribution >= 4 is 5.69 Å². The van der Waals surface area contributed by atoms with Gasteiger partial charge in [0.2, 0.25) is 0 Å². The molecule has 1 fully saturated rings. The molecule has 1 aromatic carbocycles. The number of aryl methyl sites for hydroxylation is 1. The molecule has 1 aromatic rings. The van der Waals surface area contributed by atoms with Crippen molar-refractivity contribution in [2.24, 2.45) is 0 Å². The van der Waals surface area contributed by atoms with Crippen LogP contribution in [0, 0.1) is 6.92 Å². The Morgan fingerprint density at radius 1 is 1.35 bits per heavy atom. The first-order chi connectivity index (χ1) is 8.19. The second-order valence-corrected chi connectivity index (χ2v) is 4.85. The lowest BCUT2D eigenvalue weighted by molar-refractivity contribution is 0.229. The molecule has 1 aliphatic heterocycles. The lowest BCUT2D eigenvalue weighted by atomic mass is 10.0. The van der Waals surface area contributed by atoms with E-state index in [4.69, 9.17) is 0 Å². The van der Waals surface area contributed by atoms with E-state index >= 15 is 0 Å². The van der Waals surface area contributed by atoms with Gasteiger partial charge < -0.3 is 15.3 Å². The molecule has 0 spiro atoms. The SMILES string of the molecule is CCN1CCC(Nc2ccc(O)cc2C)CC1. The molecule has 2 rings (SSSR count). The van der Waals surface area contributed by atoms with Crippen molar-refractivity contribution in [2.75, 3.05) is 25.0 Å². The quantitative estimate of drug-likeness (QED) is 0.789. The highest BCUT2D eigenvalue weighted by Gasteiger charge is 2.18. The summed E-state index contributed by atoms with van der Waals surface area (Å²) in [5, 5.41) is 13.0. The fourth-order valence-electron chi connectivity index (χ4n) is 2.42. The summed E-state index contributed by atoms with van der Waals surface area (Å²) in [6, 6.07) is 6.10. The molecule has 0 aliphatic carbocycles. The molecule has 0 unspecified atom stereocenters. The second-order valence-electron chi connectivity index (χ2n) is 4.85. The number of piperidine rings is 1. The molecule has 3 heteroatoms. The van der Waals surface area contributed by atoms with Crippen molar-refractivity contribution in [1.29, 1.82) is 0 Å². The molecule has 0 atom stereocenters. The standard InChI is InChI=1S/C14H22N2O/c1-3-16-8-6-12(7-9-16)15-14-5-4-13(17)10-11(14)2/h4-5,10,12,15,17H,3,6-9H2,1-2H3. The Hall–Kier alpha value is -1.22. The predicted molar refractivity (Wildman–Crippen MR) is 71.6 cm³/mol. The molecule has 0 saturated carbocycles. The maximum Gasteiger partial charge on any atom is 0.115 e. The van der Waals surface area contributed by atoms with Crippen molar-refractivity contribution in [2.45, 2.75) is 32.7 Å². The molecule has 2 N–H and O–H groups in total. The molecule has 0 bridgehead atoms. The lowest BCUT2D eigenvalue weighted by Crippen LogP contribution is -2.38. The Bertz CT molecular complexity index is 370. The number of rotatable bonds is 3. The number of hydrogen-bond donors (Lipinski definition) is 2. The van der Waals surface area contributed by atoms with E-state index in [1.54, 1.807) is 6.07 Å². The van der Waals surface area contributed by atoms with E-state index in [1.807, 2.05) is 19.1 Å². The van der Waals surface area contributed by atoms with Crippen LogP contribution < -0.4 is 5.32 Å². The summed E-state index contributed by atoms with van der Waals surface area (Å²) in [5.74, 6) is 0.342. The van der Waals surface area contributed by atoms with Gasteiger partial charge in [-0.1, -0.05) is 6.92 Å². The maximum absolute atomic E-state index is 9.38. The molecule has 0 amide bonds. The third kappa shape index (κ3) is 3.13. The molecule has 0 aromatic heterocycles. The largest absolute Gasteiger partial charge is 0.508 e. The van der Waals surface area contributed by atoms with Crippen molar-refractivity contribution < 1.29 is 5.11 Å². The normalized spacial score (nSPS) is 18.2. The molecule has 17 heavy (non-hydrogen) atoms. The van der Waals surface area contributed by atoms with Crippen LogP contribution in [0.25, 0.3) is 0 Å². The number of benzene rings is 1. The summed E-state index contributed by atoms with van der Waals surface area (Å²) in [7, 11) is 0. The van der Waals surface area contributed by atoms with E-state index in [9.17, 15) is 5.11 Å². The average molecular weight is 234 g/mol. The molecule has 0 radical (unpaired) electrons. The van der Waals surface area contributed by atoms with Gasteiger partial charge in [0.1, 0.15) is 5.75 Å². The predicted octanol–water partition coefficient (Wildman–Crippen LogP) is 2.60. The van der Waals surface area contributed by atoms with Crippen LogP contribution in [0.3, 0.4) is 0 Å². The number of nitrogens with one attached hydrogen (secondary N) is 1. The highest BCUT2D eigenvalue weighted by atomic mass is 16.3. The summed E-state index contributed by atoms with van der Waals surface area (Å²) in [6.07, 6.45) is 2.41. The zero-order valence-electron chi connectivity index (χ0n) is 10.7. The Morgan fingerprint density at radius 3 is 2.65 bits per heavy atom. The van der Waals surface area contributed by atoms with Gasteiger partial charge in [-0.25, -0.2) is 0 Å². The van der Waals surface area contributed by atoms with E-state index in [-0.39, 0.29) is 0 Å². The first-order valence-corrected chi connectivity index (χ1v) is 6.47. The van der Waals surface area contributed by atoms with Gasteiger partial charge in [0.05, 0.1) is 0 Å². The van der Waals surface area contributed by atoms with Gasteiger partial charge >= 0.3 is 0 Å². The van der Waals surface area contributed by atoms with Crippen molar-refractivity contribution in [3.63, 3.8) is 0 Å². The smallest absolute Gasteiger partial charge is 0.115 e. The van der Waals surface area contributed by atoms with Crippen LogP contribution in [0.4, 0.5) is 5.69 Å². The van der Waals surface area contributed by atoms with E-state index in [0.29, 0.717) is 11.8 Å². The van der Waals surface area contributed by atoms with E-state index in [1.165, 1.54) is 25.9 Å². The number of nitrogens with zero attached hydrogens (tertiary/aromatic N) is 1. The minimum absolute atomic E-state index is 0.342. The zero-order chi connectivity index (χ0) is 12.3. The minimum Gasteiger partial charge on any atom is -0.508 e. The molecular weight excluding hydrogens is 212 g/mol. The fourth-order valence-corrected chi connectivity index (χ4v) is 2.42. The van der Waals surface area contributed by atoms with Crippen LogP contribution in [-0.4, -0.2) is 35.7 Å². The molecule has 94 valence electrons. The van der Waals surface area contributed by atoms with Gasteiger partial charge in [0.15, 0.2) is 0 Å². The summed E-state index contributed by atoms with van der Waals surface area (Å²) in [4.78, 5) is 2.49. The van der Waals surface area contributed by atoms with Crippen LogP contribution >= 0.6 is 0 Å². The van der Waals surface area contributed by atoms with Crippen molar-refractivity contribution in [3.8, 4) is 5.75 Å². The molecule has 1 aliphatic rings. The van der Waals surface area contributed by atoms with Crippen molar-refractivity contribution in [1.82, 2.24) is 4.90 Å². The summed E-state index contributed by atoms with van der Waals surface area (Å²) in [5.41, 5.74) is 2.26. The molecular formula is C14H22N2O. The first-order valence-electron chi connectivity index (χ1n) is 6.47. The third-order valence-electron chi connectivity index (χ3n) is 3.60. The number of phenolic OH excluding ortho intramolecular Hbond substituents is 1. The van der Waals surface area contributed by atoms with Gasteiger partial charge in [-0.15, -0.1) is 0 Å². The van der Waals surface area contributed by atoms with E-state index < -0.39 is 0 Å². The van der Waals surface area contributed by atoms with Crippen LogP contribution in [0.15, 0.2) is 18.2 Å². The topological polar surface area (TPSA) is 35.5 Å².